The third-order valence-corrected chi connectivity index (χ3v) is 6.56. The maximum atomic E-state index is 13.2. The minimum Gasteiger partial charge on any atom is -0.507 e. The van der Waals surface area contributed by atoms with E-state index in [9.17, 15) is 14.7 Å². The summed E-state index contributed by atoms with van der Waals surface area (Å²) < 4.78 is 5.68. The first-order valence-electron chi connectivity index (χ1n) is 10.6. The number of Topliss-reactive ketones (excluding diaryl/α,β-unsaturated/α-hetero) is 1. The van der Waals surface area contributed by atoms with E-state index in [1.165, 1.54) is 16.2 Å². The van der Waals surface area contributed by atoms with Crippen LogP contribution in [0.2, 0.25) is 0 Å². The second-order valence-electron chi connectivity index (χ2n) is 7.85. The Morgan fingerprint density at radius 2 is 1.84 bits per heavy atom. The molecule has 3 aromatic rings. The monoisotopic (exact) mass is 447 g/mol. The first kappa shape index (κ1) is 21.8. The van der Waals surface area contributed by atoms with Gasteiger partial charge in [-0.3, -0.25) is 14.5 Å². The van der Waals surface area contributed by atoms with Crippen molar-refractivity contribution in [2.75, 3.05) is 11.5 Å². The number of carbonyl (C=O) groups is 2. The van der Waals surface area contributed by atoms with Crippen molar-refractivity contribution in [2.24, 2.45) is 0 Å². The maximum absolute atomic E-state index is 13.2. The van der Waals surface area contributed by atoms with E-state index in [0.29, 0.717) is 23.6 Å². The fraction of sp³-hybridized carbons (Fsp3) is 0.231. The van der Waals surface area contributed by atoms with Gasteiger partial charge in [-0.25, -0.2) is 0 Å². The number of aliphatic hydroxyl groups is 1. The Morgan fingerprint density at radius 1 is 1.09 bits per heavy atom. The van der Waals surface area contributed by atoms with Gasteiger partial charge >= 0.3 is 0 Å². The first-order valence-corrected chi connectivity index (χ1v) is 11.4. The number of carbonyl (C=O) groups excluding carboxylic acids is 2. The summed E-state index contributed by atoms with van der Waals surface area (Å²) in [5.74, 6) is -0.933. The molecule has 1 aliphatic rings. The van der Waals surface area contributed by atoms with Crippen LogP contribution in [0.3, 0.4) is 0 Å². The SMILES string of the molecule is CCCOc1cccc(/C(O)=C2/C(=O)C(=O)N(c3ccc(C)cc3)C2c2sccc2C)c1. The van der Waals surface area contributed by atoms with E-state index in [1.807, 2.05) is 56.5 Å². The third-order valence-electron chi connectivity index (χ3n) is 5.49. The molecule has 0 radical (unpaired) electrons. The van der Waals surface area contributed by atoms with Crippen molar-refractivity contribution in [1.29, 1.82) is 0 Å². The highest BCUT2D eigenvalue weighted by atomic mass is 32.1. The number of benzene rings is 2. The molecule has 1 unspecified atom stereocenters. The van der Waals surface area contributed by atoms with Gasteiger partial charge in [-0.2, -0.15) is 0 Å². The van der Waals surface area contributed by atoms with Crippen LogP contribution in [-0.4, -0.2) is 23.4 Å². The van der Waals surface area contributed by atoms with Crippen LogP contribution in [-0.2, 0) is 9.59 Å². The number of thiophene rings is 1. The highest BCUT2D eigenvalue weighted by Gasteiger charge is 2.47. The van der Waals surface area contributed by atoms with Gasteiger partial charge in [-0.1, -0.05) is 36.8 Å². The summed E-state index contributed by atoms with van der Waals surface area (Å²) in [4.78, 5) is 28.7. The molecular weight excluding hydrogens is 422 g/mol. The van der Waals surface area contributed by atoms with Gasteiger partial charge in [-0.05, 0) is 61.5 Å². The van der Waals surface area contributed by atoms with Gasteiger partial charge < -0.3 is 9.84 Å². The fourth-order valence-electron chi connectivity index (χ4n) is 3.83. The molecule has 2 aromatic carbocycles. The Labute approximate surface area is 191 Å². The van der Waals surface area contributed by atoms with Crippen LogP contribution in [0.4, 0.5) is 5.69 Å². The molecule has 0 aliphatic carbocycles. The molecule has 1 aromatic heterocycles. The van der Waals surface area contributed by atoms with Crippen molar-refractivity contribution in [3.63, 3.8) is 0 Å². The molecule has 5 nitrogen and oxygen atoms in total. The highest BCUT2D eigenvalue weighted by Crippen LogP contribution is 2.45. The second-order valence-corrected chi connectivity index (χ2v) is 8.80. The number of nitrogens with zero attached hydrogens (tertiary/aromatic N) is 1. The van der Waals surface area contributed by atoms with Crippen molar-refractivity contribution in [3.05, 3.63) is 87.1 Å². The Balaban J connectivity index is 1.88. The zero-order valence-electron chi connectivity index (χ0n) is 18.3. The zero-order chi connectivity index (χ0) is 22.8. The van der Waals surface area contributed by atoms with Gasteiger partial charge in [0, 0.05) is 16.1 Å². The molecule has 0 saturated carbocycles. The lowest BCUT2D eigenvalue weighted by molar-refractivity contribution is -0.132. The number of ether oxygens (including phenoxy) is 1. The largest absolute Gasteiger partial charge is 0.507 e. The molecule has 0 spiro atoms. The predicted molar refractivity (Wildman–Crippen MR) is 127 cm³/mol. The average Bonchev–Trinajstić information content (AvgIpc) is 3.33. The number of aliphatic hydroxyl groups excluding tert-OH is 1. The summed E-state index contributed by atoms with van der Waals surface area (Å²) in [7, 11) is 0. The molecule has 1 N–H and O–H groups in total. The number of anilines is 1. The van der Waals surface area contributed by atoms with Crippen molar-refractivity contribution < 1.29 is 19.4 Å². The van der Waals surface area contributed by atoms with Crippen molar-refractivity contribution in [2.45, 2.75) is 33.2 Å². The van der Waals surface area contributed by atoms with Gasteiger partial charge in [-0.15, -0.1) is 11.3 Å². The summed E-state index contributed by atoms with van der Waals surface area (Å²) in [6.45, 7) is 6.48. The van der Waals surface area contributed by atoms with Crippen LogP contribution in [0.25, 0.3) is 5.76 Å². The molecule has 164 valence electrons. The van der Waals surface area contributed by atoms with E-state index in [2.05, 4.69) is 0 Å². The highest BCUT2D eigenvalue weighted by molar-refractivity contribution is 7.10. The van der Waals surface area contributed by atoms with Gasteiger partial charge in [0.25, 0.3) is 11.7 Å². The lowest BCUT2D eigenvalue weighted by Crippen LogP contribution is -2.29. The Morgan fingerprint density at radius 3 is 2.50 bits per heavy atom. The topological polar surface area (TPSA) is 66.8 Å². The summed E-state index contributed by atoms with van der Waals surface area (Å²) in [5.41, 5.74) is 3.17. The summed E-state index contributed by atoms with van der Waals surface area (Å²) >= 11 is 1.47. The minimum absolute atomic E-state index is 0.0915. The predicted octanol–water partition coefficient (Wildman–Crippen LogP) is 5.78. The van der Waals surface area contributed by atoms with Crippen LogP contribution in [0.1, 0.15) is 41.0 Å². The standard InChI is InChI=1S/C26H25NO4S/c1-4-13-31-20-7-5-6-18(15-20)23(28)21-22(25-17(3)12-14-32-25)27(26(30)24(21)29)19-10-8-16(2)9-11-19/h5-12,14-15,22,28H,4,13H2,1-3H3/b23-21-. The maximum Gasteiger partial charge on any atom is 0.300 e. The molecule has 1 fully saturated rings. The zero-order valence-corrected chi connectivity index (χ0v) is 19.1. The molecule has 1 saturated heterocycles. The number of hydrogen-bond acceptors (Lipinski definition) is 5. The van der Waals surface area contributed by atoms with Gasteiger partial charge in [0.1, 0.15) is 17.6 Å². The number of ketones is 1. The molecule has 6 heteroatoms. The lowest BCUT2D eigenvalue weighted by atomic mass is 9.98. The number of rotatable bonds is 6. The molecule has 32 heavy (non-hydrogen) atoms. The molecule has 2 heterocycles. The van der Waals surface area contributed by atoms with Crippen molar-refractivity contribution >= 4 is 34.5 Å². The number of amides is 1. The van der Waals surface area contributed by atoms with Crippen LogP contribution >= 0.6 is 11.3 Å². The van der Waals surface area contributed by atoms with Crippen molar-refractivity contribution in [3.8, 4) is 5.75 Å². The van der Waals surface area contributed by atoms with E-state index in [4.69, 9.17) is 4.74 Å². The molecule has 1 amide bonds. The molecule has 4 rings (SSSR count). The lowest BCUT2D eigenvalue weighted by Gasteiger charge is -2.25. The average molecular weight is 448 g/mol. The molecular formula is C26H25NO4S. The van der Waals surface area contributed by atoms with Gasteiger partial charge in [0.2, 0.25) is 0 Å². The molecule has 1 aliphatic heterocycles. The normalized spacial score (nSPS) is 17.7. The number of hydrogen-bond donors (Lipinski definition) is 1. The Bertz CT molecular complexity index is 1190. The quantitative estimate of drug-likeness (QED) is 0.295. The summed E-state index contributed by atoms with van der Waals surface area (Å²) in [6.07, 6.45) is 0.857. The van der Waals surface area contributed by atoms with Gasteiger partial charge in [0.15, 0.2) is 0 Å². The Hall–Kier alpha value is -3.38. The second kappa shape index (κ2) is 9.01. The summed E-state index contributed by atoms with van der Waals surface area (Å²) in [6, 6.07) is 15.7. The van der Waals surface area contributed by atoms with E-state index in [0.717, 1.165) is 22.4 Å². The van der Waals surface area contributed by atoms with E-state index in [1.54, 1.807) is 24.3 Å². The van der Waals surface area contributed by atoms with E-state index in [-0.39, 0.29) is 11.3 Å². The fourth-order valence-corrected chi connectivity index (χ4v) is 4.85. The molecule has 1 atom stereocenters. The van der Waals surface area contributed by atoms with E-state index >= 15 is 0 Å². The Kier molecular flexibility index (Phi) is 6.15. The first-order chi connectivity index (χ1) is 15.4. The third kappa shape index (κ3) is 3.94. The van der Waals surface area contributed by atoms with Crippen molar-refractivity contribution in [1.82, 2.24) is 0 Å². The van der Waals surface area contributed by atoms with Crippen LogP contribution < -0.4 is 9.64 Å². The van der Waals surface area contributed by atoms with E-state index < -0.39 is 17.7 Å². The smallest absolute Gasteiger partial charge is 0.300 e. The van der Waals surface area contributed by atoms with Crippen LogP contribution in [0, 0.1) is 13.8 Å². The summed E-state index contributed by atoms with van der Waals surface area (Å²) in [5, 5.41) is 13.2. The minimum atomic E-state index is -0.696. The van der Waals surface area contributed by atoms with Gasteiger partial charge in [0.05, 0.1) is 12.2 Å². The number of aryl methyl sites for hydroxylation is 2. The molecule has 0 bridgehead atoms. The van der Waals surface area contributed by atoms with Crippen LogP contribution in [0.5, 0.6) is 5.75 Å². The van der Waals surface area contributed by atoms with Crippen LogP contribution in [0.15, 0.2) is 65.6 Å².